The first-order chi connectivity index (χ1) is 10.1. The largest absolute Gasteiger partial charge is 0.325 e. The Kier molecular flexibility index (Phi) is 5.65. The second-order valence-corrected chi connectivity index (χ2v) is 6.36. The summed E-state index contributed by atoms with van der Waals surface area (Å²) in [6, 6.07) is 4.25. The molecule has 0 fully saturated rings. The van der Waals surface area contributed by atoms with Gasteiger partial charge in [-0.25, -0.2) is 0 Å². The van der Waals surface area contributed by atoms with Gasteiger partial charge < -0.3 is 10.6 Å². The summed E-state index contributed by atoms with van der Waals surface area (Å²) in [6.45, 7) is 7.62. The molecule has 2 rings (SSSR count). The normalized spacial score (nSPS) is 16.5. The predicted octanol–water partition coefficient (Wildman–Crippen LogP) is 4.31. The Morgan fingerprint density at radius 3 is 2.76 bits per heavy atom. The Morgan fingerprint density at radius 1 is 1.33 bits per heavy atom. The van der Waals surface area contributed by atoms with Crippen molar-refractivity contribution in [1.29, 1.82) is 0 Å². The highest BCUT2D eigenvalue weighted by Gasteiger charge is 2.25. The van der Waals surface area contributed by atoms with E-state index >= 15 is 0 Å². The Bertz CT molecular complexity index is 516. The van der Waals surface area contributed by atoms with Gasteiger partial charge in [-0.15, -0.1) is 0 Å². The van der Waals surface area contributed by atoms with E-state index in [0.717, 1.165) is 47.6 Å². The van der Waals surface area contributed by atoms with Crippen LogP contribution in [0, 0.1) is 5.92 Å². The van der Waals surface area contributed by atoms with Crippen LogP contribution in [0.4, 0.5) is 5.69 Å². The molecular weight excluding hydrogens is 284 g/mol. The molecule has 2 unspecified atom stereocenters. The molecule has 0 radical (unpaired) electrons. The molecule has 0 aromatic heterocycles. The van der Waals surface area contributed by atoms with Crippen molar-refractivity contribution in [1.82, 2.24) is 5.32 Å². The number of hydrogen-bond donors (Lipinski definition) is 2. The molecule has 0 saturated carbocycles. The van der Waals surface area contributed by atoms with Crippen LogP contribution in [-0.4, -0.2) is 12.5 Å². The molecule has 1 heterocycles. The van der Waals surface area contributed by atoms with Gasteiger partial charge in [-0.1, -0.05) is 44.9 Å². The molecule has 1 aliphatic rings. The number of rotatable bonds is 7. The average Bonchev–Trinajstić information content (AvgIpc) is 2.78. The molecule has 3 nitrogen and oxygen atoms in total. The van der Waals surface area contributed by atoms with Crippen LogP contribution in [0.3, 0.4) is 0 Å². The fourth-order valence-electron chi connectivity index (χ4n) is 3.04. The lowest BCUT2D eigenvalue weighted by molar-refractivity contribution is -0.115. The van der Waals surface area contributed by atoms with Gasteiger partial charge in [0.2, 0.25) is 5.91 Å². The minimum absolute atomic E-state index is 0.0536. The van der Waals surface area contributed by atoms with E-state index in [0.29, 0.717) is 12.3 Å². The molecule has 1 aliphatic heterocycles. The van der Waals surface area contributed by atoms with Crippen LogP contribution < -0.4 is 10.6 Å². The van der Waals surface area contributed by atoms with Gasteiger partial charge in [0.1, 0.15) is 0 Å². The molecule has 0 aliphatic carbocycles. The lowest BCUT2D eigenvalue weighted by Crippen LogP contribution is -2.28. The minimum Gasteiger partial charge on any atom is -0.325 e. The van der Waals surface area contributed by atoms with E-state index in [9.17, 15) is 4.79 Å². The maximum absolute atomic E-state index is 11.5. The molecule has 2 N–H and O–H groups in total. The van der Waals surface area contributed by atoms with Crippen LogP contribution >= 0.6 is 11.6 Å². The first kappa shape index (κ1) is 16.3. The summed E-state index contributed by atoms with van der Waals surface area (Å²) in [4.78, 5) is 11.5. The maximum Gasteiger partial charge on any atom is 0.228 e. The monoisotopic (exact) mass is 308 g/mol. The summed E-state index contributed by atoms with van der Waals surface area (Å²) < 4.78 is 0. The van der Waals surface area contributed by atoms with Crippen molar-refractivity contribution >= 4 is 23.2 Å². The molecule has 0 saturated heterocycles. The number of anilines is 1. The van der Waals surface area contributed by atoms with Crippen molar-refractivity contribution in [3.63, 3.8) is 0 Å². The summed E-state index contributed by atoms with van der Waals surface area (Å²) >= 11 is 6.48. The third-order valence-electron chi connectivity index (χ3n) is 4.11. The number of amides is 1. The summed E-state index contributed by atoms with van der Waals surface area (Å²) in [5.74, 6) is 0.569. The maximum atomic E-state index is 11.5. The number of carbonyl (C=O) groups excluding carboxylic acids is 1. The van der Waals surface area contributed by atoms with E-state index in [-0.39, 0.29) is 11.9 Å². The molecule has 1 aromatic carbocycles. The number of fused-ring (bicyclic) bond motifs is 1. The predicted molar refractivity (Wildman–Crippen MR) is 88.9 cm³/mol. The van der Waals surface area contributed by atoms with Crippen molar-refractivity contribution in [3.05, 3.63) is 28.3 Å². The van der Waals surface area contributed by atoms with E-state index in [1.54, 1.807) is 0 Å². The summed E-state index contributed by atoms with van der Waals surface area (Å²) in [6.07, 6.45) is 3.88. The Balaban J connectivity index is 2.31. The SMILES string of the molecule is CCCNC(c1cc2c(cc1Cl)NC(=O)C2)C(C)CCC. The van der Waals surface area contributed by atoms with Crippen molar-refractivity contribution < 1.29 is 4.79 Å². The van der Waals surface area contributed by atoms with E-state index < -0.39 is 0 Å². The third-order valence-corrected chi connectivity index (χ3v) is 4.44. The van der Waals surface area contributed by atoms with E-state index in [2.05, 4.69) is 37.5 Å². The van der Waals surface area contributed by atoms with Crippen LogP contribution in [0.5, 0.6) is 0 Å². The summed E-state index contributed by atoms with van der Waals surface area (Å²) in [5, 5.41) is 7.22. The van der Waals surface area contributed by atoms with E-state index in [4.69, 9.17) is 11.6 Å². The Morgan fingerprint density at radius 2 is 2.10 bits per heavy atom. The highest BCUT2D eigenvalue weighted by Crippen LogP contribution is 2.36. The molecule has 0 bridgehead atoms. The summed E-state index contributed by atoms with van der Waals surface area (Å²) in [7, 11) is 0. The minimum atomic E-state index is 0.0536. The van der Waals surface area contributed by atoms with Crippen LogP contribution in [0.2, 0.25) is 5.02 Å². The second kappa shape index (κ2) is 7.28. The quantitative estimate of drug-likeness (QED) is 0.788. The van der Waals surface area contributed by atoms with Gasteiger partial charge in [-0.05, 0) is 42.5 Å². The molecular formula is C17H25ClN2O. The highest BCUT2D eigenvalue weighted by molar-refractivity contribution is 6.32. The average molecular weight is 309 g/mol. The highest BCUT2D eigenvalue weighted by atomic mass is 35.5. The van der Waals surface area contributed by atoms with Crippen molar-refractivity contribution in [2.45, 2.75) is 52.5 Å². The lowest BCUT2D eigenvalue weighted by atomic mass is 9.89. The fraction of sp³-hybridized carbons (Fsp3) is 0.588. The van der Waals surface area contributed by atoms with Gasteiger partial charge >= 0.3 is 0 Å². The van der Waals surface area contributed by atoms with Crippen LogP contribution in [-0.2, 0) is 11.2 Å². The number of halogens is 1. The topological polar surface area (TPSA) is 41.1 Å². The van der Waals surface area contributed by atoms with Crippen molar-refractivity contribution in [2.75, 3.05) is 11.9 Å². The first-order valence-corrected chi connectivity index (χ1v) is 8.30. The number of carbonyl (C=O) groups is 1. The molecule has 4 heteroatoms. The van der Waals surface area contributed by atoms with E-state index in [1.807, 2.05) is 6.07 Å². The summed E-state index contributed by atoms with van der Waals surface area (Å²) in [5.41, 5.74) is 3.05. The zero-order valence-corrected chi connectivity index (χ0v) is 13.9. The molecule has 21 heavy (non-hydrogen) atoms. The van der Waals surface area contributed by atoms with Crippen LogP contribution in [0.25, 0.3) is 0 Å². The number of nitrogens with one attached hydrogen (secondary N) is 2. The molecule has 1 aromatic rings. The van der Waals surface area contributed by atoms with Gasteiger partial charge in [-0.2, -0.15) is 0 Å². The van der Waals surface area contributed by atoms with Gasteiger partial charge in [0, 0.05) is 16.8 Å². The fourth-order valence-corrected chi connectivity index (χ4v) is 3.33. The van der Waals surface area contributed by atoms with Crippen molar-refractivity contribution in [3.8, 4) is 0 Å². The molecule has 2 atom stereocenters. The second-order valence-electron chi connectivity index (χ2n) is 5.95. The van der Waals surface area contributed by atoms with Crippen LogP contribution in [0.1, 0.15) is 57.2 Å². The number of benzene rings is 1. The Hall–Kier alpha value is -1.06. The first-order valence-electron chi connectivity index (χ1n) is 7.92. The Labute approximate surface area is 132 Å². The van der Waals surface area contributed by atoms with E-state index in [1.165, 1.54) is 0 Å². The smallest absolute Gasteiger partial charge is 0.228 e. The third kappa shape index (κ3) is 3.78. The zero-order valence-electron chi connectivity index (χ0n) is 13.1. The standard InChI is InChI=1S/C17H25ClN2O/c1-4-6-11(3)17(19-7-5-2)13-8-12-9-16(21)20-15(12)10-14(13)18/h8,10-11,17,19H,4-7,9H2,1-3H3,(H,20,21). The lowest BCUT2D eigenvalue weighted by Gasteiger charge is -2.27. The van der Waals surface area contributed by atoms with Crippen LogP contribution in [0.15, 0.2) is 12.1 Å². The molecule has 1 amide bonds. The molecule has 116 valence electrons. The van der Waals surface area contributed by atoms with Gasteiger partial charge in [0.15, 0.2) is 0 Å². The number of hydrogen-bond acceptors (Lipinski definition) is 2. The van der Waals surface area contributed by atoms with Crippen molar-refractivity contribution in [2.24, 2.45) is 5.92 Å². The molecule has 0 spiro atoms. The zero-order chi connectivity index (χ0) is 15.4. The van der Waals surface area contributed by atoms with Gasteiger partial charge in [0.05, 0.1) is 6.42 Å². The van der Waals surface area contributed by atoms with Gasteiger partial charge in [0.25, 0.3) is 0 Å². The van der Waals surface area contributed by atoms with Gasteiger partial charge in [-0.3, -0.25) is 4.79 Å².